The molecule has 2 nitrogen and oxygen atoms in total. The molecule has 1 aliphatic carbocycles. The maximum Gasteiger partial charge on any atom is 0.143 e. The van der Waals surface area contributed by atoms with E-state index in [1.165, 1.54) is 11.1 Å². The van der Waals surface area contributed by atoms with Gasteiger partial charge in [-0.25, -0.2) is 0 Å². The number of fused-ring (bicyclic) bond motifs is 1. The summed E-state index contributed by atoms with van der Waals surface area (Å²) in [7, 11) is 1.68. The van der Waals surface area contributed by atoms with E-state index in [0.29, 0.717) is 18.1 Å². The highest BCUT2D eigenvalue weighted by Gasteiger charge is 2.38. The third kappa shape index (κ3) is 2.79. The number of ether oxygens (including phenoxy) is 1. The lowest BCUT2D eigenvalue weighted by Gasteiger charge is -2.35. The number of carbonyl (C=O) groups is 1. The van der Waals surface area contributed by atoms with Crippen LogP contribution < -0.4 is 4.74 Å². The normalized spacial score (nSPS) is 22.2. The highest BCUT2D eigenvalue weighted by atomic mass is 35.5. The van der Waals surface area contributed by atoms with E-state index in [1.807, 2.05) is 6.07 Å². The highest BCUT2D eigenvalue weighted by Crippen LogP contribution is 2.39. The van der Waals surface area contributed by atoms with Gasteiger partial charge in [0.1, 0.15) is 11.5 Å². The van der Waals surface area contributed by atoms with Crippen molar-refractivity contribution < 1.29 is 9.53 Å². The zero-order valence-corrected chi connectivity index (χ0v) is 12.4. The molecule has 0 N–H and O–H groups in total. The van der Waals surface area contributed by atoms with E-state index in [4.69, 9.17) is 16.3 Å². The molecule has 1 atom stereocenters. The molecule has 0 spiro atoms. The monoisotopic (exact) mass is 280 g/mol. The van der Waals surface area contributed by atoms with Gasteiger partial charge < -0.3 is 4.74 Å². The molecule has 0 fully saturated rings. The first kappa shape index (κ1) is 14.4. The average molecular weight is 281 g/mol. The Hall–Kier alpha value is -1.02. The molecule has 0 heterocycles. The summed E-state index contributed by atoms with van der Waals surface area (Å²) >= 11 is 5.74. The molecule has 2 rings (SSSR count). The number of halogens is 1. The molecule has 1 unspecified atom stereocenters. The van der Waals surface area contributed by atoms with E-state index in [-0.39, 0.29) is 5.41 Å². The fourth-order valence-electron chi connectivity index (χ4n) is 2.96. The first-order valence-corrected chi connectivity index (χ1v) is 7.42. The molecule has 0 amide bonds. The number of carbonyl (C=O) groups excluding carboxylic acids is 1. The van der Waals surface area contributed by atoms with Gasteiger partial charge in [-0.3, -0.25) is 4.79 Å². The van der Waals surface area contributed by atoms with Gasteiger partial charge in [-0.1, -0.05) is 12.5 Å². The van der Waals surface area contributed by atoms with Crippen molar-refractivity contribution in [1.82, 2.24) is 0 Å². The van der Waals surface area contributed by atoms with Crippen LogP contribution in [-0.4, -0.2) is 18.8 Å². The minimum absolute atomic E-state index is 0.341. The van der Waals surface area contributed by atoms with Crippen LogP contribution in [0.4, 0.5) is 0 Å². The van der Waals surface area contributed by atoms with Gasteiger partial charge in [0.05, 0.1) is 12.5 Å². The molecular weight excluding hydrogens is 260 g/mol. The zero-order valence-electron chi connectivity index (χ0n) is 11.7. The Balaban J connectivity index is 2.31. The number of hydrogen-bond acceptors (Lipinski definition) is 2. The van der Waals surface area contributed by atoms with Crippen LogP contribution in [0.3, 0.4) is 0 Å². The summed E-state index contributed by atoms with van der Waals surface area (Å²) in [6.45, 7) is 2.08. The van der Waals surface area contributed by atoms with Gasteiger partial charge in [0.25, 0.3) is 0 Å². The quantitative estimate of drug-likeness (QED) is 0.604. The Morgan fingerprint density at radius 1 is 1.32 bits per heavy atom. The van der Waals surface area contributed by atoms with Crippen molar-refractivity contribution in [2.24, 2.45) is 0 Å². The van der Waals surface area contributed by atoms with Crippen LogP contribution >= 0.6 is 11.6 Å². The van der Waals surface area contributed by atoms with Crippen LogP contribution in [0.2, 0.25) is 0 Å². The van der Waals surface area contributed by atoms with Crippen LogP contribution in [0.25, 0.3) is 0 Å². The van der Waals surface area contributed by atoms with Gasteiger partial charge in [0, 0.05) is 12.3 Å². The molecule has 0 saturated heterocycles. The van der Waals surface area contributed by atoms with Crippen molar-refractivity contribution in [3.63, 3.8) is 0 Å². The topological polar surface area (TPSA) is 26.3 Å². The van der Waals surface area contributed by atoms with Crippen molar-refractivity contribution in [3.8, 4) is 5.75 Å². The van der Waals surface area contributed by atoms with Crippen molar-refractivity contribution in [3.05, 3.63) is 29.3 Å². The van der Waals surface area contributed by atoms with E-state index in [9.17, 15) is 4.79 Å². The second kappa shape index (κ2) is 5.96. The minimum atomic E-state index is -0.341. The van der Waals surface area contributed by atoms with Crippen molar-refractivity contribution in [2.45, 2.75) is 44.4 Å². The van der Waals surface area contributed by atoms with Gasteiger partial charge in [-0.05, 0) is 49.4 Å². The molecule has 0 bridgehead atoms. The predicted octanol–water partition coefficient (Wildman–Crippen LogP) is 3.88. The second-order valence-electron chi connectivity index (χ2n) is 5.42. The third-order valence-corrected chi connectivity index (χ3v) is 4.47. The number of ketones is 1. The number of methoxy groups -OCH3 is 1. The van der Waals surface area contributed by atoms with E-state index in [1.54, 1.807) is 7.11 Å². The number of Topliss-reactive ketones (excluding diaryl/α,β-unsaturated/α-hetero) is 1. The van der Waals surface area contributed by atoms with E-state index in [2.05, 4.69) is 19.1 Å². The minimum Gasteiger partial charge on any atom is -0.497 e. The SMILES string of the molecule is COc1ccc2c(c1)CCC(=O)C2(C)CCCCCl. The Labute approximate surface area is 120 Å². The number of rotatable bonds is 5. The fourth-order valence-corrected chi connectivity index (χ4v) is 3.15. The number of alkyl halides is 1. The first-order valence-electron chi connectivity index (χ1n) is 6.88. The van der Waals surface area contributed by atoms with Crippen LogP contribution in [-0.2, 0) is 16.6 Å². The summed E-state index contributed by atoms with van der Waals surface area (Å²) in [5, 5.41) is 0. The van der Waals surface area contributed by atoms with Gasteiger partial charge >= 0.3 is 0 Å². The second-order valence-corrected chi connectivity index (χ2v) is 5.80. The number of hydrogen-bond donors (Lipinski definition) is 0. The molecule has 1 aromatic carbocycles. The summed E-state index contributed by atoms with van der Waals surface area (Å²) in [6, 6.07) is 6.09. The van der Waals surface area contributed by atoms with Gasteiger partial charge in [0.2, 0.25) is 0 Å². The van der Waals surface area contributed by atoms with Crippen LogP contribution in [0.5, 0.6) is 5.75 Å². The summed E-state index contributed by atoms with van der Waals surface area (Å²) in [4.78, 5) is 12.4. The summed E-state index contributed by atoms with van der Waals surface area (Å²) in [5.74, 6) is 1.90. The van der Waals surface area contributed by atoms with Gasteiger partial charge in [-0.15, -0.1) is 11.6 Å². The summed E-state index contributed by atoms with van der Waals surface area (Å²) in [6.07, 6.45) is 4.32. The van der Waals surface area contributed by atoms with Crippen molar-refractivity contribution in [2.75, 3.05) is 13.0 Å². The molecule has 1 aromatic rings. The Kier molecular flexibility index (Phi) is 4.51. The predicted molar refractivity (Wildman–Crippen MR) is 78.2 cm³/mol. The van der Waals surface area contributed by atoms with Gasteiger partial charge in [-0.2, -0.15) is 0 Å². The molecule has 19 heavy (non-hydrogen) atoms. The lowest BCUT2D eigenvalue weighted by molar-refractivity contribution is -0.124. The molecule has 0 aromatic heterocycles. The molecule has 0 radical (unpaired) electrons. The Bertz CT molecular complexity index is 470. The van der Waals surface area contributed by atoms with E-state index in [0.717, 1.165) is 31.4 Å². The fraction of sp³-hybridized carbons (Fsp3) is 0.562. The molecule has 1 aliphatic rings. The number of unbranched alkanes of at least 4 members (excludes halogenated alkanes) is 1. The number of aryl methyl sites for hydroxylation is 1. The lowest BCUT2D eigenvalue weighted by atomic mass is 9.68. The summed E-state index contributed by atoms with van der Waals surface area (Å²) in [5.41, 5.74) is 2.10. The van der Waals surface area contributed by atoms with Crippen molar-refractivity contribution in [1.29, 1.82) is 0 Å². The van der Waals surface area contributed by atoms with Crippen LogP contribution in [0, 0.1) is 0 Å². The Morgan fingerprint density at radius 2 is 2.11 bits per heavy atom. The standard InChI is InChI=1S/C16H21ClO2/c1-16(9-3-4-10-17)14-7-6-13(19-2)11-12(14)5-8-15(16)18/h6-7,11H,3-5,8-10H2,1-2H3. The smallest absolute Gasteiger partial charge is 0.143 e. The summed E-state index contributed by atoms with van der Waals surface area (Å²) < 4.78 is 5.27. The highest BCUT2D eigenvalue weighted by molar-refractivity contribution is 6.17. The first-order chi connectivity index (χ1) is 9.11. The van der Waals surface area contributed by atoms with Crippen molar-refractivity contribution >= 4 is 17.4 Å². The van der Waals surface area contributed by atoms with E-state index < -0.39 is 0 Å². The zero-order chi connectivity index (χ0) is 13.9. The number of benzene rings is 1. The maximum absolute atomic E-state index is 12.4. The lowest BCUT2D eigenvalue weighted by Crippen LogP contribution is -2.37. The molecule has 0 saturated carbocycles. The molecule has 104 valence electrons. The maximum atomic E-state index is 12.4. The van der Waals surface area contributed by atoms with Crippen LogP contribution in [0.1, 0.15) is 43.7 Å². The van der Waals surface area contributed by atoms with Gasteiger partial charge in [0.15, 0.2) is 0 Å². The Morgan fingerprint density at radius 3 is 2.79 bits per heavy atom. The third-order valence-electron chi connectivity index (χ3n) is 4.20. The largest absolute Gasteiger partial charge is 0.497 e. The molecule has 3 heteroatoms. The average Bonchev–Trinajstić information content (AvgIpc) is 2.43. The van der Waals surface area contributed by atoms with Crippen LogP contribution in [0.15, 0.2) is 18.2 Å². The molecule has 0 aliphatic heterocycles. The molecular formula is C16H21ClO2. The van der Waals surface area contributed by atoms with E-state index >= 15 is 0 Å².